The van der Waals surface area contributed by atoms with Gasteiger partial charge < -0.3 is 9.47 Å². The summed E-state index contributed by atoms with van der Waals surface area (Å²) in [6.45, 7) is 3.53. The molecule has 2 nitrogen and oxygen atoms in total. The molecular weight excluding hydrogens is 291 g/mol. The average Bonchev–Trinajstić information content (AvgIpc) is 2.61. The summed E-state index contributed by atoms with van der Waals surface area (Å²) in [4.78, 5) is 0. The van der Waals surface area contributed by atoms with Gasteiger partial charge >= 0.3 is 0 Å². The van der Waals surface area contributed by atoms with Gasteiger partial charge in [-0.1, -0.05) is 49.4 Å². The number of hydrogen-bond donors (Lipinski definition) is 0. The number of allylic oxidation sites excluding steroid dienone is 3. The molecule has 0 spiro atoms. The van der Waals surface area contributed by atoms with Gasteiger partial charge in [0, 0.05) is 11.5 Å². The van der Waals surface area contributed by atoms with E-state index in [9.17, 15) is 4.39 Å². The fourth-order valence-corrected chi connectivity index (χ4v) is 3.18. The fraction of sp³-hybridized carbons (Fsp3) is 0.500. The molecule has 0 aromatic heterocycles. The standard InChI is InChI=1S/C20H25FO2/c1-2-3-4-15-13-22-20(23-14-15)18-7-5-16(6-8-18)17-9-11-19(21)12-10-17/h3-8,11,15,17,20H,2,9-10,12-14H2,1H3/b4-3+/t15-,17?,20-. The molecule has 1 saturated heterocycles. The van der Waals surface area contributed by atoms with Crippen LogP contribution in [0.1, 0.15) is 55.9 Å². The Kier molecular flexibility index (Phi) is 5.63. The van der Waals surface area contributed by atoms with Crippen LogP contribution in [0.5, 0.6) is 0 Å². The molecule has 2 aliphatic rings. The minimum atomic E-state index is -0.265. The number of rotatable bonds is 4. The summed E-state index contributed by atoms with van der Waals surface area (Å²) in [5, 5.41) is 0. The zero-order valence-corrected chi connectivity index (χ0v) is 13.7. The summed E-state index contributed by atoms with van der Waals surface area (Å²) in [6, 6.07) is 8.42. The second kappa shape index (κ2) is 7.89. The molecule has 1 heterocycles. The average molecular weight is 316 g/mol. The van der Waals surface area contributed by atoms with Crippen LogP contribution in [-0.4, -0.2) is 13.2 Å². The molecule has 0 bridgehead atoms. The van der Waals surface area contributed by atoms with E-state index < -0.39 is 0 Å². The van der Waals surface area contributed by atoms with Crippen LogP contribution in [0, 0.1) is 5.92 Å². The van der Waals surface area contributed by atoms with Crippen LogP contribution in [0.4, 0.5) is 4.39 Å². The van der Waals surface area contributed by atoms with Crippen molar-refractivity contribution in [1.82, 2.24) is 0 Å². The second-order valence-corrected chi connectivity index (χ2v) is 6.38. The van der Waals surface area contributed by atoms with Gasteiger partial charge in [0.1, 0.15) is 0 Å². The molecule has 0 N–H and O–H groups in total. The van der Waals surface area contributed by atoms with Crippen LogP contribution in [0.2, 0.25) is 0 Å². The van der Waals surface area contributed by atoms with E-state index in [0.717, 1.165) is 24.8 Å². The van der Waals surface area contributed by atoms with Crippen LogP contribution in [0.15, 0.2) is 48.3 Å². The Hall–Kier alpha value is -1.45. The van der Waals surface area contributed by atoms with E-state index in [2.05, 4.69) is 43.3 Å². The van der Waals surface area contributed by atoms with Gasteiger partial charge in [0.05, 0.1) is 19.0 Å². The number of halogens is 1. The molecule has 1 aliphatic heterocycles. The first-order valence-corrected chi connectivity index (χ1v) is 8.60. The van der Waals surface area contributed by atoms with E-state index in [1.54, 1.807) is 6.08 Å². The Morgan fingerprint density at radius 3 is 2.43 bits per heavy atom. The molecule has 1 aromatic carbocycles. The molecule has 124 valence electrons. The van der Waals surface area contributed by atoms with Crippen molar-refractivity contribution in [3.63, 3.8) is 0 Å². The number of hydrogen-bond acceptors (Lipinski definition) is 2. The van der Waals surface area contributed by atoms with Gasteiger partial charge in [0.25, 0.3) is 0 Å². The lowest BCUT2D eigenvalue weighted by Gasteiger charge is -2.28. The fourth-order valence-electron chi connectivity index (χ4n) is 3.18. The zero-order valence-electron chi connectivity index (χ0n) is 13.7. The third-order valence-corrected chi connectivity index (χ3v) is 4.60. The minimum absolute atomic E-state index is 0.0357. The molecule has 0 saturated carbocycles. The van der Waals surface area contributed by atoms with Crippen molar-refractivity contribution in [2.75, 3.05) is 13.2 Å². The highest BCUT2D eigenvalue weighted by molar-refractivity contribution is 5.28. The van der Waals surface area contributed by atoms with Crippen LogP contribution >= 0.6 is 0 Å². The van der Waals surface area contributed by atoms with Gasteiger partial charge in [-0.2, -0.15) is 0 Å². The lowest BCUT2D eigenvalue weighted by Crippen LogP contribution is -2.25. The number of ether oxygens (including phenoxy) is 2. The molecule has 0 amide bonds. The Morgan fingerprint density at radius 2 is 1.83 bits per heavy atom. The summed E-state index contributed by atoms with van der Waals surface area (Å²) in [5.74, 6) is 0.822. The molecule has 1 aromatic rings. The van der Waals surface area contributed by atoms with Crippen molar-refractivity contribution < 1.29 is 13.9 Å². The molecule has 3 rings (SSSR count). The Morgan fingerprint density at radius 1 is 1.13 bits per heavy atom. The van der Waals surface area contributed by atoms with Crippen LogP contribution in [-0.2, 0) is 9.47 Å². The molecule has 1 unspecified atom stereocenters. The van der Waals surface area contributed by atoms with E-state index in [0.29, 0.717) is 31.5 Å². The quantitative estimate of drug-likeness (QED) is 0.689. The second-order valence-electron chi connectivity index (χ2n) is 6.38. The molecule has 3 heteroatoms. The van der Waals surface area contributed by atoms with Gasteiger partial charge in [-0.15, -0.1) is 0 Å². The molecule has 1 atom stereocenters. The maximum atomic E-state index is 13.1. The highest BCUT2D eigenvalue weighted by atomic mass is 19.1. The Balaban J connectivity index is 1.57. The van der Waals surface area contributed by atoms with Crippen molar-refractivity contribution in [3.8, 4) is 0 Å². The lowest BCUT2D eigenvalue weighted by molar-refractivity contribution is -0.197. The third-order valence-electron chi connectivity index (χ3n) is 4.60. The maximum Gasteiger partial charge on any atom is 0.183 e. The summed E-state index contributed by atoms with van der Waals surface area (Å²) in [6.07, 6.45) is 9.09. The molecular formula is C20H25FO2. The highest BCUT2D eigenvalue weighted by Gasteiger charge is 2.22. The van der Waals surface area contributed by atoms with Crippen molar-refractivity contribution in [3.05, 3.63) is 59.4 Å². The van der Waals surface area contributed by atoms with Crippen molar-refractivity contribution in [1.29, 1.82) is 0 Å². The largest absolute Gasteiger partial charge is 0.348 e. The van der Waals surface area contributed by atoms with E-state index in [4.69, 9.17) is 9.47 Å². The summed E-state index contributed by atoms with van der Waals surface area (Å²) >= 11 is 0. The maximum absolute atomic E-state index is 13.1. The van der Waals surface area contributed by atoms with E-state index in [-0.39, 0.29) is 12.1 Å². The molecule has 1 fully saturated rings. The van der Waals surface area contributed by atoms with Gasteiger partial charge in [-0.3, -0.25) is 0 Å². The van der Waals surface area contributed by atoms with Crippen molar-refractivity contribution >= 4 is 0 Å². The van der Waals surface area contributed by atoms with Gasteiger partial charge in [0.2, 0.25) is 0 Å². The van der Waals surface area contributed by atoms with Gasteiger partial charge in [-0.05, 0) is 37.2 Å². The van der Waals surface area contributed by atoms with Gasteiger partial charge in [0.15, 0.2) is 6.29 Å². The SMILES string of the molecule is CC/C=C/[C@H]1CO[C@H](c2ccc(C3CC=C(F)CC3)cc2)OC1. The van der Waals surface area contributed by atoms with E-state index >= 15 is 0 Å². The van der Waals surface area contributed by atoms with Crippen molar-refractivity contribution in [2.45, 2.75) is 44.8 Å². The molecule has 0 radical (unpaired) electrons. The normalized spacial score (nSPS) is 28.8. The monoisotopic (exact) mass is 316 g/mol. The van der Waals surface area contributed by atoms with Crippen LogP contribution in [0.25, 0.3) is 0 Å². The van der Waals surface area contributed by atoms with Crippen LogP contribution < -0.4 is 0 Å². The van der Waals surface area contributed by atoms with Crippen LogP contribution in [0.3, 0.4) is 0 Å². The Labute approximate surface area is 138 Å². The van der Waals surface area contributed by atoms with Crippen molar-refractivity contribution in [2.24, 2.45) is 5.92 Å². The van der Waals surface area contributed by atoms with E-state index in [1.807, 2.05) is 0 Å². The first kappa shape index (κ1) is 16.4. The lowest BCUT2D eigenvalue weighted by atomic mass is 9.87. The summed E-state index contributed by atoms with van der Waals surface area (Å²) in [5.41, 5.74) is 2.33. The first-order chi connectivity index (χ1) is 11.3. The predicted octanol–water partition coefficient (Wildman–Crippen LogP) is 5.44. The smallest absolute Gasteiger partial charge is 0.183 e. The van der Waals surface area contributed by atoms with Gasteiger partial charge in [-0.25, -0.2) is 4.39 Å². The summed E-state index contributed by atoms with van der Waals surface area (Å²) < 4.78 is 24.8. The first-order valence-electron chi connectivity index (χ1n) is 8.60. The third kappa shape index (κ3) is 4.30. The predicted molar refractivity (Wildman–Crippen MR) is 89.8 cm³/mol. The highest BCUT2D eigenvalue weighted by Crippen LogP contribution is 2.33. The summed E-state index contributed by atoms with van der Waals surface area (Å²) in [7, 11) is 0. The molecule has 23 heavy (non-hydrogen) atoms. The topological polar surface area (TPSA) is 18.5 Å². The van der Waals surface area contributed by atoms with E-state index in [1.165, 1.54) is 5.56 Å². The Bertz CT molecular complexity index is 554. The number of benzene rings is 1. The molecule has 1 aliphatic carbocycles. The zero-order chi connectivity index (χ0) is 16.1. The minimum Gasteiger partial charge on any atom is -0.348 e.